The fraction of sp³-hybridized carbons (Fsp3) is 0.951. The van der Waals surface area contributed by atoms with Crippen LogP contribution in [0.15, 0.2) is 0 Å². The molecule has 0 bridgehead atoms. The third-order valence-electron chi connectivity index (χ3n) is 14.2. The molecule has 0 amide bonds. The average Bonchev–Trinajstić information content (AvgIpc) is 3.36. The van der Waals surface area contributed by atoms with Crippen LogP contribution < -0.4 is 0 Å². The van der Waals surface area contributed by atoms with Crippen molar-refractivity contribution in [2.45, 2.75) is 310 Å². The SMILES string of the molecule is CCCCCCCCCCCCCOC(=O)CCCCN(CCCCO)CCCN(CCCCC(=O)OCCCCCCCCCCCCC)CCCCC(=O)OCCCCCCCCCCCCC. The van der Waals surface area contributed by atoms with Crippen molar-refractivity contribution in [3.63, 3.8) is 0 Å². The van der Waals surface area contributed by atoms with Crippen LogP contribution in [0.5, 0.6) is 0 Å². The number of nitrogens with zero attached hydrogens (tertiary/aromatic N) is 2. The molecule has 0 rings (SSSR count). The molecule has 0 heterocycles. The highest BCUT2D eigenvalue weighted by Gasteiger charge is 2.12. The van der Waals surface area contributed by atoms with Crippen molar-refractivity contribution in [3.05, 3.63) is 0 Å². The summed E-state index contributed by atoms with van der Waals surface area (Å²) in [6.45, 7) is 14.4. The van der Waals surface area contributed by atoms with Crippen LogP contribution in [-0.2, 0) is 28.6 Å². The van der Waals surface area contributed by atoms with Gasteiger partial charge in [-0.1, -0.05) is 213 Å². The van der Waals surface area contributed by atoms with Gasteiger partial charge in [0.2, 0.25) is 0 Å². The summed E-state index contributed by atoms with van der Waals surface area (Å²) < 4.78 is 16.8. The molecule has 0 aromatic heterocycles. The molecule has 0 saturated heterocycles. The predicted molar refractivity (Wildman–Crippen MR) is 298 cm³/mol. The van der Waals surface area contributed by atoms with E-state index >= 15 is 0 Å². The van der Waals surface area contributed by atoms with Gasteiger partial charge in [-0.2, -0.15) is 0 Å². The topological polar surface area (TPSA) is 106 Å². The minimum absolute atomic E-state index is 0.0650. The molecule has 0 radical (unpaired) electrons. The fourth-order valence-electron chi connectivity index (χ4n) is 9.52. The molecular formula is C61H120N2O7. The van der Waals surface area contributed by atoms with E-state index in [2.05, 4.69) is 30.6 Å². The molecule has 0 aliphatic rings. The first-order chi connectivity index (χ1) is 34.5. The second kappa shape index (κ2) is 58.2. The lowest BCUT2D eigenvalue weighted by molar-refractivity contribution is -0.144. The smallest absolute Gasteiger partial charge is 0.305 e. The Morgan fingerprint density at radius 1 is 0.271 bits per heavy atom. The highest BCUT2D eigenvalue weighted by atomic mass is 16.5. The monoisotopic (exact) mass is 993 g/mol. The van der Waals surface area contributed by atoms with E-state index in [1.54, 1.807) is 0 Å². The summed E-state index contributed by atoms with van der Waals surface area (Å²) in [5, 5.41) is 9.47. The maximum atomic E-state index is 12.6. The molecule has 9 heteroatoms. The van der Waals surface area contributed by atoms with Gasteiger partial charge in [-0.05, 0) is 116 Å². The first-order valence-electron chi connectivity index (χ1n) is 31.0. The highest BCUT2D eigenvalue weighted by Crippen LogP contribution is 2.15. The van der Waals surface area contributed by atoms with Gasteiger partial charge in [0, 0.05) is 25.9 Å². The van der Waals surface area contributed by atoms with Crippen molar-refractivity contribution < 1.29 is 33.7 Å². The van der Waals surface area contributed by atoms with Crippen molar-refractivity contribution in [1.82, 2.24) is 9.80 Å². The zero-order valence-electron chi connectivity index (χ0n) is 47.2. The predicted octanol–water partition coefficient (Wildman–Crippen LogP) is 16.8. The number of esters is 3. The van der Waals surface area contributed by atoms with Crippen LogP contribution in [0, 0.1) is 0 Å². The summed E-state index contributed by atoms with van der Waals surface area (Å²) in [5.74, 6) is -0.201. The van der Waals surface area contributed by atoms with E-state index in [-0.39, 0.29) is 24.5 Å². The molecule has 0 aromatic rings. The Kier molecular flexibility index (Phi) is 56.8. The zero-order valence-corrected chi connectivity index (χ0v) is 47.2. The Labute approximate surface area is 435 Å². The van der Waals surface area contributed by atoms with Crippen LogP contribution in [0.4, 0.5) is 0 Å². The maximum absolute atomic E-state index is 12.6. The summed E-state index contributed by atoms with van der Waals surface area (Å²) in [7, 11) is 0. The Morgan fingerprint density at radius 3 is 0.729 bits per heavy atom. The van der Waals surface area contributed by atoms with Gasteiger partial charge in [0.1, 0.15) is 0 Å². The van der Waals surface area contributed by atoms with Crippen molar-refractivity contribution >= 4 is 17.9 Å². The Balaban J connectivity index is 4.64. The summed E-state index contributed by atoms with van der Waals surface area (Å²) in [5.41, 5.74) is 0. The Bertz CT molecular complexity index is 1030. The minimum Gasteiger partial charge on any atom is -0.466 e. The zero-order chi connectivity index (χ0) is 50.9. The third kappa shape index (κ3) is 54.1. The molecule has 9 nitrogen and oxygen atoms in total. The summed E-state index contributed by atoms with van der Waals surface area (Å²) in [4.78, 5) is 42.6. The number of rotatable bonds is 59. The number of unbranched alkanes of at least 4 members (excludes halogenated alkanes) is 34. The van der Waals surface area contributed by atoms with Crippen molar-refractivity contribution in [2.75, 3.05) is 65.7 Å². The lowest BCUT2D eigenvalue weighted by Crippen LogP contribution is -2.32. The van der Waals surface area contributed by atoms with Crippen molar-refractivity contribution in [3.8, 4) is 0 Å². The van der Waals surface area contributed by atoms with Gasteiger partial charge in [0.05, 0.1) is 19.8 Å². The van der Waals surface area contributed by atoms with Crippen LogP contribution in [0.1, 0.15) is 310 Å². The number of hydrogen-bond acceptors (Lipinski definition) is 9. The van der Waals surface area contributed by atoms with Crippen molar-refractivity contribution in [1.29, 1.82) is 0 Å². The minimum atomic E-state index is -0.0681. The van der Waals surface area contributed by atoms with E-state index in [0.29, 0.717) is 39.1 Å². The number of hydrogen-bond donors (Lipinski definition) is 1. The van der Waals surface area contributed by atoms with Crippen LogP contribution in [0.2, 0.25) is 0 Å². The molecule has 0 saturated carbocycles. The largest absolute Gasteiger partial charge is 0.466 e. The van der Waals surface area contributed by atoms with E-state index < -0.39 is 0 Å². The molecule has 1 N–H and O–H groups in total. The molecule has 0 aliphatic heterocycles. The maximum Gasteiger partial charge on any atom is 0.305 e. The van der Waals surface area contributed by atoms with Gasteiger partial charge in [-0.25, -0.2) is 0 Å². The second-order valence-corrected chi connectivity index (χ2v) is 21.1. The van der Waals surface area contributed by atoms with Crippen LogP contribution in [0.3, 0.4) is 0 Å². The van der Waals surface area contributed by atoms with Crippen LogP contribution in [-0.4, -0.2) is 98.5 Å². The summed E-state index contributed by atoms with van der Waals surface area (Å²) in [6.07, 6.45) is 52.0. The number of aliphatic hydroxyl groups is 1. The molecule has 0 fully saturated rings. The van der Waals surface area contributed by atoms with Gasteiger partial charge in [0.15, 0.2) is 0 Å². The standard InChI is InChI=1S/C61H120N2O7/c1-4-7-10-13-16-19-22-25-28-31-42-56-68-59(65)46-34-37-49-62(50-38-35-47-60(66)69-57-43-32-29-26-23-20-17-14-11-8-5-2)53-45-54-63(52-40-41-55-64)51-39-36-48-61(67)70-58-44-33-30-27-24-21-18-15-12-9-6-3/h64H,4-58H2,1-3H3. The van der Waals surface area contributed by atoms with Gasteiger partial charge in [-0.15, -0.1) is 0 Å². The third-order valence-corrected chi connectivity index (χ3v) is 14.2. The van der Waals surface area contributed by atoms with E-state index in [1.165, 1.54) is 173 Å². The van der Waals surface area contributed by atoms with Gasteiger partial charge in [0.25, 0.3) is 0 Å². The Hall–Kier alpha value is -1.71. The molecule has 0 aliphatic carbocycles. The number of aliphatic hydroxyl groups excluding tert-OH is 1. The van der Waals surface area contributed by atoms with E-state index in [9.17, 15) is 19.5 Å². The average molecular weight is 994 g/mol. The first kappa shape index (κ1) is 68.3. The quantitative estimate of drug-likeness (QED) is 0.0362. The first-order valence-corrected chi connectivity index (χ1v) is 31.0. The molecule has 0 aromatic carbocycles. The normalized spacial score (nSPS) is 11.6. The number of ether oxygens (including phenoxy) is 3. The highest BCUT2D eigenvalue weighted by molar-refractivity contribution is 5.69. The number of carbonyl (C=O) groups excluding carboxylic acids is 3. The van der Waals surface area contributed by atoms with E-state index in [0.717, 1.165) is 136 Å². The molecular weight excluding hydrogens is 873 g/mol. The summed E-state index contributed by atoms with van der Waals surface area (Å²) >= 11 is 0. The Morgan fingerprint density at radius 2 is 0.486 bits per heavy atom. The fourth-order valence-corrected chi connectivity index (χ4v) is 9.52. The van der Waals surface area contributed by atoms with Gasteiger partial charge in [-0.3, -0.25) is 14.4 Å². The molecule has 70 heavy (non-hydrogen) atoms. The van der Waals surface area contributed by atoms with Gasteiger partial charge >= 0.3 is 17.9 Å². The second-order valence-electron chi connectivity index (χ2n) is 21.1. The van der Waals surface area contributed by atoms with Gasteiger partial charge < -0.3 is 29.1 Å². The molecule has 416 valence electrons. The lowest BCUT2D eigenvalue weighted by atomic mass is 10.1. The van der Waals surface area contributed by atoms with Crippen molar-refractivity contribution in [2.24, 2.45) is 0 Å². The lowest BCUT2D eigenvalue weighted by Gasteiger charge is -2.26. The van der Waals surface area contributed by atoms with Crippen LogP contribution >= 0.6 is 0 Å². The molecule has 0 spiro atoms. The molecule has 0 atom stereocenters. The van der Waals surface area contributed by atoms with E-state index in [1.807, 2.05) is 0 Å². The van der Waals surface area contributed by atoms with E-state index in [4.69, 9.17) is 14.2 Å². The molecule has 0 unspecified atom stereocenters. The summed E-state index contributed by atoms with van der Waals surface area (Å²) in [6, 6.07) is 0. The number of carbonyl (C=O) groups is 3. The van der Waals surface area contributed by atoms with Crippen LogP contribution in [0.25, 0.3) is 0 Å².